The summed E-state index contributed by atoms with van der Waals surface area (Å²) in [5.41, 5.74) is 4.70. The van der Waals surface area contributed by atoms with Gasteiger partial charge in [-0.2, -0.15) is 5.26 Å². The molecule has 0 aliphatic rings. The second-order valence-corrected chi connectivity index (χ2v) is 7.02. The molecule has 0 atom stereocenters. The van der Waals surface area contributed by atoms with E-state index in [1.807, 2.05) is 63.2 Å². The minimum Gasteiger partial charge on any atom is -0.494 e. The Morgan fingerprint density at radius 1 is 1.11 bits per heavy atom. The van der Waals surface area contributed by atoms with Crippen molar-refractivity contribution < 1.29 is 9.53 Å². The molecule has 0 bridgehead atoms. The van der Waals surface area contributed by atoms with Gasteiger partial charge in [0.05, 0.1) is 6.61 Å². The Morgan fingerprint density at radius 3 is 2.32 bits per heavy atom. The van der Waals surface area contributed by atoms with Crippen LogP contribution in [0.3, 0.4) is 0 Å². The maximum Gasteiger partial charge on any atom is 0.266 e. The molecule has 1 amide bonds. The molecular weight excluding hydrogens is 348 g/mol. The maximum absolute atomic E-state index is 12.6. The summed E-state index contributed by atoms with van der Waals surface area (Å²) in [6.07, 6.45) is 4.94. The first-order chi connectivity index (χ1) is 13.4. The lowest BCUT2D eigenvalue weighted by molar-refractivity contribution is -0.112. The van der Waals surface area contributed by atoms with Gasteiger partial charge in [0.15, 0.2) is 0 Å². The van der Waals surface area contributed by atoms with Crippen LogP contribution in [0.1, 0.15) is 48.4 Å². The summed E-state index contributed by atoms with van der Waals surface area (Å²) in [6, 6.07) is 13.4. The van der Waals surface area contributed by atoms with Gasteiger partial charge in [-0.05, 0) is 62.1 Å². The van der Waals surface area contributed by atoms with Gasteiger partial charge in [-0.15, -0.1) is 0 Å². The summed E-state index contributed by atoms with van der Waals surface area (Å²) >= 11 is 0. The van der Waals surface area contributed by atoms with Crippen molar-refractivity contribution in [1.29, 1.82) is 5.26 Å². The van der Waals surface area contributed by atoms with Crippen LogP contribution in [-0.4, -0.2) is 12.5 Å². The smallest absolute Gasteiger partial charge is 0.266 e. The van der Waals surface area contributed by atoms with Gasteiger partial charge in [0.2, 0.25) is 0 Å². The van der Waals surface area contributed by atoms with E-state index in [-0.39, 0.29) is 5.57 Å². The fraction of sp³-hybridized carbons (Fsp3) is 0.333. The number of amides is 1. The van der Waals surface area contributed by atoms with E-state index in [1.54, 1.807) is 6.08 Å². The Hall–Kier alpha value is -3.06. The summed E-state index contributed by atoms with van der Waals surface area (Å²) in [4.78, 5) is 12.6. The van der Waals surface area contributed by atoms with Crippen LogP contribution in [0, 0.1) is 32.1 Å². The first kappa shape index (κ1) is 21.2. The Kier molecular flexibility index (Phi) is 7.83. The molecule has 2 aromatic carbocycles. The molecule has 0 saturated carbocycles. The average Bonchev–Trinajstić information content (AvgIpc) is 2.67. The van der Waals surface area contributed by atoms with E-state index in [1.165, 1.54) is 0 Å². The van der Waals surface area contributed by atoms with E-state index >= 15 is 0 Å². The average molecular weight is 377 g/mol. The number of carbonyl (C=O) groups excluding carboxylic acids is 1. The maximum atomic E-state index is 12.6. The highest BCUT2D eigenvalue weighted by Crippen LogP contribution is 2.23. The lowest BCUT2D eigenvalue weighted by Gasteiger charge is -2.12. The Bertz CT molecular complexity index is 867. The zero-order valence-corrected chi connectivity index (χ0v) is 17.1. The third-order valence-corrected chi connectivity index (χ3v) is 4.49. The van der Waals surface area contributed by atoms with Crippen molar-refractivity contribution in [2.24, 2.45) is 0 Å². The Balaban J connectivity index is 2.09. The number of aryl methyl sites for hydroxylation is 3. The van der Waals surface area contributed by atoms with Crippen LogP contribution in [-0.2, 0) is 4.79 Å². The third kappa shape index (κ3) is 5.99. The number of unbranched alkanes of at least 4 members (excludes halogenated alkanes) is 2. The van der Waals surface area contributed by atoms with E-state index in [9.17, 15) is 10.1 Å². The van der Waals surface area contributed by atoms with Crippen LogP contribution in [0.2, 0.25) is 0 Å². The minimum absolute atomic E-state index is 0.0657. The second-order valence-electron chi connectivity index (χ2n) is 7.02. The first-order valence-corrected chi connectivity index (χ1v) is 9.68. The molecule has 0 heterocycles. The lowest BCUT2D eigenvalue weighted by Crippen LogP contribution is -2.15. The van der Waals surface area contributed by atoms with E-state index in [0.29, 0.717) is 6.61 Å². The van der Waals surface area contributed by atoms with Gasteiger partial charge in [0.1, 0.15) is 17.4 Å². The number of benzene rings is 2. The van der Waals surface area contributed by atoms with Crippen molar-refractivity contribution in [3.05, 3.63) is 64.2 Å². The predicted molar refractivity (Wildman–Crippen MR) is 114 cm³/mol. The lowest BCUT2D eigenvalue weighted by atomic mass is 10.0. The first-order valence-electron chi connectivity index (χ1n) is 9.68. The number of nitriles is 1. The number of anilines is 1. The molecule has 28 heavy (non-hydrogen) atoms. The molecule has 0 aliphatic carbocycles. The molecule has 0 radical (unpaired) electrons. The van der Waals surface area contributed by atoms with Gasteiger partial charge in [0.25, 0.3) is 5.91 Å². The molecule has 2 aromatic rings. The molecule has 2 rings (SSSR count). The molecule has 0 aromatic heterocycles. The number of nitrogens with one attached hydrogen (secondary N) is 1. The monoisotopic (exact) mass is 376 g/mol. The van der Waals surface area contributed by atoms with Crippen LogP contribution in [0.5, 0.6) is 5.75 Å². The molecule has 0 saturated heterocycles. The van der Waals surface area contributed by atoms with Crippen molar-refractivity contribution in [1.82, 2.24) is 0 Å². The van der Waals surface area contributed by atoms with E-state index in [2.05, 4.69) is 12.2 Å². The Labute approximate surface area is 167 Å². The van der Waals surface area contributed by atoms with E-state index < -0.39 is 5.91 Å². The molecule has 0 fully saturated rings. The third-order valence-electron chi connectivity index (χ3n) is 4.49. The highest BCUT2D eigenvalue weighted by Gasteiger charge is 2.13. The zero-order chi connectivity index (χ0) is 20.5. The molecule has 0 unspecified atom stereocenters. The molecule has 0 spiro atoms. The zero-order valence-electron chi connectivity index (χ0n) is 17.1. The van der Waals surface area contributed by atoms with Crippen LogP contribution in [0.4, 0.5) is 5.69 Å². The summed E-state index contributed by atoms with van der Waals surface area (Å²) in [5, 5.41) is 12.3. The van der Waals surface area contributed by atoms with Crippen LogP contribution >= 0.6 is 0 Å². The number of hydrogen-bond donors (Lipinski definition) is 1. The number of ether oxygens (including phenoxy) is 1. The topological polar surface area (TPSA) is 62.1 Å². The number of nitrogens with zero attached hydrogens (tertiary/aromatic N) is 1. The van der Waals surface area contributed by atoms with E-state index in [4.69, 9.17) is 4.74 Å². The SMILES string of the molecule is CCCCCOc1ccc(/C=C(\C#N)C(=O)Nc2c(C)cc(C)cc2C)cc1. The van der Waals surface area contributed by atoms with Gasteiger partial charge in [-0.1, -0.05) is 49.6 Å². The molecular formula is C24H28N2O2. The molecule has 1 N–H and O–H groups in total. The fourth-order valence-electron chi connectivity index (χ4n) is 3.08. The van der Waals surface area contributed by atoms with Crippen molar-refractivity contribution in [2.75, 3.05) is 11.9 Å². The van der Waals surface area contributed by atoms with Crippen LogP contribution in [0.25, 0.3) is 6.08 Å². The van der Waals surface area contributed by atoms with Crippen molar-refractivity contribution in [2.45, 2.75) is 47.0 Å². The Morgan fingerprint density at radius 2 is 1.75 bits per heavy atom. The normalized spacial score (nSPS) is 11.0. The fourth-order valence-corrected chi connectivity index (χ4v) is 3.08. The van der Waals surface area contributed by atoms with Crippen molar-refractivity contribution >= 4 is 17.7 Å². The number of hydrogen-bond acceptors (Lipinski definition) is 3. The van der Waals surface area contributed by atoms with Crippen LogP contribution < -0.4 is 10.1 Å². The summed E-state index contributed by atoms with van der Waals surface area (Å²) in [5.74, 6) is 0.388. The highest BCUT2D eigenvalue weighted by atomic mass is 16.5. The van der Waals surface area contributed by atoms with Gasteiger partial charge >= 0.3 is 0 Å². The standard InChI is InChI=1S/C24H28N2O2/c1-5-6-7-12-28-22-10-8-20(9-11-22)15-21(16-25)24(27)26-23-18(3)13-17(2)14-19(23)4/h8-11,13-15H,5-7,12H2,1-4H3,(H,26,27)/b21-15+. The minimum atomic E-state index is -0.405. The number of carbonyl (C=O) groups is 1. The van der Waals surface area contributed by atoms with Gasteiger partial charge in [-0.3, -0.25) is 4.79 Å². The second kappa shape index (κ2) is 10.3. The van der Waals surface area contributed by atoms with Gasteiger partial charge < -0.3 is 10.1 Å². The van der Waals surface area contributed by atoms with Crippen molar-refractivity contribution in [3.63, 3.8) is 0 Å². The van der Waals surface area contributed by atoms with E-state index in [0.717, 1.165) is 53.0 Å². The van der Waals surface area contributed by atoms with Gasteiger partial charge in [-0.25, -0.2) is 0 Å². The molecule has 0 aliphatic heterocycles. The molecule has 4 nitrogen and oxygen atoms in total. The quantitative estimate of drug-likeness (QED) is 0.364. The summed E-state index contributed by atoms with van der Waals surface area (Å²) in [7, 11) is 0. The van der Waals surface area contributed by atoms with Gasteiger partial charge in [0, 0.05) is 5.69 Å². The van der Waals surface area contributed by atoms with Crippen LogP contribution in [0.15, 0.2) is 42.0 Å². The predicted octanol–water partition coefficient (Wildman–Crippen LogP) is 5.73. The summed E-state index contributed by atoms with van der Waals surface area (Å²) in [6.45, 7) is 8.77. The summed E-state index contributed by atoms with van der Waals surface area (Å²) < 4.78 is 5.69. The number of rotatable bonds is 8. The molecule has 4 heteroatoms. The highest BCUT2D eigenvalue weighted by molar-refractivity contribution is 6.10. The molecule has 146 valence electrons. The van der Waals surface area contributed by atoms with Crippen molar-refractivity contribution in [3.8, 4) is 11.8 Å². The largest absolute Gasteiger partial charge is 0.494 e.